The van der Waals surface area contributed by atoms with E-state index < -0.39 is 15.4 Å². The van der Waals surface area contributed by atoms with Crippen LogP contribution in [0, 0.1) is 0 Å². The number of halogens is 2. The van der Waals surface area contributed by atoms with Crippen LogP contribution in [0.15, 0.2) is 24.3 Å². The fourth-order valence-corrected chi connectivity index (χ4v) is 4.39. The van der Waals surface area contributed by atoms with Crippen molar-refractivity contribution in [1.82, 2.24) is 0 Å². The van der Waals surface area contributed by atoms with E-state index in [-0.39, 0.29) is 5.75 Å². The van der Waals surface area contributed by atoms with E-state index in [2.05, 4.69) is 18.2 Å². The lowest BCUT2D eigenvalue weighted by Gasteiger charge is -2.11. The number of ether oxygens (including phenoxy) is 1. The van der Waals surface area contributed by atoms with E-state index in [4.69, 9.17) is 0 Å². The van der Waals surface area contributed by atoms with E-state index in [1.807, 2.05) is 12.1 Å². The Morgan fingerprint density at radius 2 is 1.45 bits per heavy atom. The van der Waals surface area contributed by atoms with E-state index in [9.17, 15) is 8.78 Å². The van der Waals surface area contributed by atoms with Crippen LogP contribution >= 0.6 is 0 Å². The molecule has 125 valence electrons. The molecule has 0 atom stereocenters. The van der Waals surface area contributed by atoms with Crippen LogP contribution in [0.1, 0.15) is 58.3 Å². The van der Waals surface area contributed by atoms with Gasteiger partial charge in [-0.15, -0.1) is 0 Å². The molecular weight excluding hydrogens is 298 g/mol. The molecule has 1 nitrogen and oxygen atoms in total. The lowest BCUT2D eigenvalue weighted by molar-refractivity contribution is -0.0498. The number of hydrogen-bond donors (Lipinski definition) is 0. The number of rotatable bonds is 12. The highest BCUT2D eigenvalue weighted by Crippen LogP contribution is 2.14. The summed E-state index contributed by atoms with van der Waals surface area (Å²) in [6.45, 7) is 1.81. The molecule has 0 aliphatic heterocycles. The van der Waals surface area contributed by atoms with Crippen molar-refractivity contribution in [2.24, 2.45) is 0 Å². The summed E-state index contributed by atoms with van der Waals surface area (Å²) in [5.74, 6) is 0.251. The molecule has 0 saturated carbocycles. The van der Waals surface area contributed by atoms with Gasteiger partial charge in [0.1, 0.15) is 5.75 Å². The first kappa shape index (κ1) is 19.1. The first-order valence-electron chi connectivity index (χ1n) is 8.51. The summed E-state index contributed by atoms with van der Waals surface area (Å²) < 4.78 is 28.6. The summed E-state index contributed by atoms with van der Waals surface area (Å²) in [5.41, 5.74) is 0. The molecule has 1 aromatic rings. The van der Waals surface area contributed by atoms with Crippen molar-refractivity contribution in [3.05, 3.63) is 24.3 Å². The van der Waals surface area contributed by atoms with Crippen molar-refractivity contribution >= 4 is 14.0 Å². The van der Waals surface area contributed by atoms with Gasteiger partial charge in [-0.1, -0.05) is 88.2 Å². The third kappa shape index (κ3) is 8.52. The summed E-state index contributed by atoms with van der Waals surface area (Å²) in [5, 5.41) is 1.30. The van der Waals surface area contributed by atoms with Crippen LogP contribution in [-0.2, 0) is 0 Å². The maximum absolute atomic E-state index is 12.1. The van der Waals surface area contributed by atoms with Gasteiger partial charge in [0.25, 0.3) is 0 Å². The van der Waals surface area contributed by atoms with Crippen molar-refractivity contribution < 1.29 is 13.5 Å². The second kappa shape index (κ2) is 11.6. The van der Waals surface area contributed by atoms with Gasteiger partial charge in [0.2, 0.25) is 0 Å². The monoisotopic (exact) mass is 327 g/mol. The average molecular weight is 328 g/mol. The number of benzene rings is 1. The van der Waals surface area contributed by atoms with Gasteiger partial charge in [0, 0.05) is 0 Å². The maximum Gasteiger partial charge on any atom is 0.387 e. The van der Waals surface area contributed by atoms with Gasteiger partial charge < -0.3 is 4.74 Å². The summed E-state index contributed by atoms with van der Waals surface area (Å²) in [7, 11) is -0.556. The zero-order valence-corrected chi connectivity index (χ0v) is 14.9. The highest BCUT2D eigenvalue weighted by molar-refractivity contribution is 6.71. The molecule has 0 N–H and O–H groups in total. The Morgan fingerprint density at radius 1 is 0.909 bits per heavy atom. The second-order valence-electron chi connectivity index (χ2n) is 5.91. The Hall–Kier alpha value is -0.903. The second-order valence-corrected chi connectivity index (χ2v) is 8.55. The van der Waals surface area contributed by atoms with Crippen molar-refractivity contribution in [2.45, 2.75) is 77.5 Å². The van der Waals surface area contributed by atoms with Crippen molar-refractivity contribution in [3.63, 3.8) is 0 Å². The standard InChI is InChI=1S/C18H29F2OSi/c1-3-4-5-6-7-8-9-10-15-22(2)17-13-11-16(12-14-17)21-18(19)20/h11-14,18H,3-10,15H2,1-2H3. The average Bonchev–Trinajstić information content (AvgIpc) is 2.50. The third-order valence-corrected chi connectivity index (χ3v) is 6.40. The normalized spacial score (nSPS) is 11.4. The van der Waals surface area contributed by atoms with E-state index in [1.165, 1.54) is 62.6 Å². The third-order valence-electron chi connectivity index (χ3n) is 3.98. The number of alkyl halides is 2. The summed E-state index contributed by atoms with van der Waals surface area (Å²) >= 11 is 0. The molecule has 1 radical (unpaired) electrons. The number of unbranched alkanes of at least 4 members (excludes halogenated alkanes) is 7. The molecule has 0 aromatic heterocycles. The molecule has 1 aromatic carbocycles. The van der Waals surface area contributed by atoms with Crippen LogP contribution < -0.4 is 9.92 Å². The van der Waals surface area contributed by atoms with Crippen LogP contribution in [0.4, 0.5) is 8.78 Å². The summed E-state index contributed by atoms with van der Waals surface area (Å²) in [6, 6.07) is 8.45. The molecule has 0 spiro atoms. The Kier molecular flexibility index (Phi) is 10.1. The molecule has 0 unspecified atom stereocenters. The van der Waals surface area contributed by atoms with Crippen LogP contribution in [0.2, 0.25) is 12.6 Å². The van der Waals surface area contributed by atoms with Gasteiger partial charge in [0.15, 0.2) is 0 Å². The fourth-order valence-electron chi connectivity index (χ4n) is 2.59. The maximum atomic E-state index is 12.1. The number of hydrogen-bond acceptors (Lipinski definition) is 1. The minimum atomic E-state index is -2.74. The highest BCUT2D eigenvalue weighted by atomic mass is 28.3. The molecule has 0 aliphatic rings. The predicted molar refractivity (Wildman–Crippen MR) is 91.7 cm³/mol. The lowest BCUT2D eigenvalue weighted by atomic mass is 10.1. The van der Waals surface area contributed by atoms with Crippen molar-refractivity contribution in [2.75, 3.05) is 0 Å². The molecular formula is C18H29F2OSi. The Labute approximate surface area is 135 Å². The smallest absolute Gasteiger partial charge is 0.387 e. The molecule has 0 heterocycles. The first-order chi connectivity index (χ1) is 10.6. The van der Waals surface area contributed by atoms with Crippen molar-refractivity contribution in [1.29, 1.82) is 0 Å². The van der Waals surface area contributed by atoms with Gasteiger partial charge in [-0.2, -0.15) is 8.78 Å². The molecule has 22 heavy (non-hydrogen) atoms. The van der Waals surface area contributed by atoms with Gasteiger partial charge >= 0.3 is 6.61 Å². The molecule has 1 rings (SSSR count). The Bertz CT molecular complexity index is 381. The Balaban J connectivity index is 2.15. The molecule has 0 bridgehead atoms. The Morgan fingerprint density at radius 3 is 2.00 bits per heavy atom. The van der Waals surface area contributed by atoms with Crippen LogP contribution in [0.25, 0.3) is 0 Å². The van der Waals surface area contributed by atoms with Crippen LogP contribution in [0.3, 0.4) is 0 Å². The van der Waals surface area contributed by atoms with Gasteiger partial charge in [-0.05, 0) is 12.1 Å². The van der Waals surface area contributed by atoms with E-state index in [1.54, 1.807) is 12.1 Å². The zero-order valence-electron chi connectivity index (χ0n) is 13.9. The fraction of sp³-hybridized carbons (Fsp3) is 0.667. The van der Waals surface area contributed by atoms with Gasteiger partial charge in [0.05, 0.1) is 8.80 Å². The minimum absolute atomic E-state index is 0.251. The van der Waals surface area contributed by atoms with Gasteiger partial charge in [-0.25, -0.2) is 0 Å². The quantitative estimate of drug-likeness (QED) is 0.350. The molecule has 4 heteroatoms. The van der Waals surface area contributed by atoms with E-state index in [0.717, 1.165) is 0 Å². The largest absolute Gasteiger partial charge is 0.435 e. The zero-order chi connectivity index (χ0) is 16.2. The molecule has 0 fully saturated rings. The van der Waals surface area contributed by atoms with Crippen LogP contribution in [0.5, 0.6) is 5.75 Å². The molecule has 0 amide bonds. The lowest BCUT2D eigenvalue weighted by Crippen LogP contribution is -2.25. The summed E-state index contributed by atoms with van der Waals surface area (Å²) in [4.78, 5) is 0. The first-order valence-corrected chi connectivity index (χ1v) is 10.7. The minimum Gasteiger partial charge on any atom is -0.435 e. The SMILES string of the molecule is CCCCCCCCCC[Si](C)c1ccc(OC(F)F)cc1. The molecule has 0 aliphatic carbocycles. The summed E-state index contributed by atoms with van der Waals surface area (Å²) in [6.07, 6.45) is 10.8. The van der Waals surface area contributed by atoms with E-state index in [0.29, 0.717) is 0 Å². The van der Waals surface area contributed by atoms with Crippen molar-refractivity contribution in [3.8, 4) is 5.75 Å². The van der Waals surface area contributed by atoms with E-state index >= 15 is 0 Å². The highest BCUT2D eigenvalue weighted by Gasteiger charge is 2.09. The van der Waals surface area contributed by atoms with Gasteiger partial charge in [-0.3, -0.25) is 0 Å². The topological polar surface area (TPSA) is 9.23 Å². The van der Waals surface area contributed by atoms with Crippen LogP contribution in [-0.4, -0.2) is 15.4 Å². The predicted octanol–water partition coefficient (Wildman–Crippen LogP) is 5.76. The molecule has 0 saturated heterocycles.